The zero-order valence-electron chi connectivity index (χ0n) is 7.36. The minimum absolute atomic E-state index is 0.610. The average Bonchev–Trinajstić information content (AvgIpc) is 2.03. The summed E-state index contributed by atoms with van der Waals surface area (Å²) in [6.45, 7) is 3.58. The first-order valence-corrected chi connectivity index (χ1v) is 3.88. The Hall–Kier alpha value is -0.930. The molecule has 0 saturated heterocycles. The fourth-order valence-corrected chi connectivity index (χ4v) is 0.975. The molecule has 3 heteroatoms. The van der Waals surface area contributed by atoms with Crippen molar-refractivity contribution in [3.05, 3.63) is 30.1 Å². The van der Waals surface area contributed by atoms with Crippen LogP contribution in [0.5, 0.6) is 0 Å². The van der Waals surface area contributed by atoms with E-state index in [1.54, 1.807) is 38.4 Å². The fraction of sp³-hybridized carbons (Fsp3) is 0.444. The molecule has 12 heavy (non-hydrogen) atoms. The quantitative estimate of drug-likeness (QED) is 0.684. The molecule has 0 bridgehead atoms. The molecule has 0 saturated carbocycles. The highest BCUT2D eigenvalue weighted by molar-refractivity contribution is 5.16. The molecular weight excluding hydrogens is 152 g/mol. The molecule has 1 rings (SSSR count). The fourth-order valence-electron chi connectivity index (χ4n) is 0.975. The third-order valence-corrected chi connectivity index (χ3v) is 1.73. The molecule has 0 aliphatic heterocycles. The Morgan fingerprint density at radius 3 is 2.33 bits per heavy atom. The molecule has 1 aromatic rings. The van der Waals surface area contributed by atoms with Crippen LogP contribution in [0.1, 0.15) is 25.5 Å². The van der Waals surface area contributed by atoms with E-state index in [1.165, 1.54) is 0 Å². The summed E-state index contributed by atoms with van der Waals surface area (Å²) in [6.07, 6.45) is 2.65. The van der Waals surface area contributed by atoms with Crippen molar-refractivity contribution < 1.29 is 5.11 Å². The van der Waals surface area contributed by atoms with E-state index in [0.717, 1.165) is 5.56 Å². The number of hydrogen-bond acceptors (Lipinski definition) is 3. The molecule has 1 aromatic heterocycles. The van der Waals surface area contributed by atoms with Gasteiger partial charge in [-0.1, -0.05) is 0 Å². The van der Waals surface area contributed by atoms with Crippen LogP contribution in [0.25, 0.3) is 0 Å². The molecule has 66 valence electrons. The molecule has 0 aliphatic carbocycles. The van der Waals surface area contributed by atoms with E-state index in [1.807, 2.05) is 0 Å². The van der Waals surface area contributed by atoms with Gasteiger partial charge in [-0.05, 0) is 31.5 Å². The van der Waals surface area contributed by atoms with Crippen LogP contribution in [0.2, 0.25) is 0 Å². The first-order valence-electron chi connectivity index (χ1n) is 3.88. The van der Waals surface area contributed by atoms with Crippen molar-refractivity contribution in [1.29, 1.82) is 0 Å². The van der Waals surface area contributed by atoms with Gasteiger partial charge in [0.15, 0.2) is 0 Å². The largest absolute Gasteiger partial charge is 0.387 e. The van der Waals surface area contributed by atoms with E-state index in [4.69, 9.17) is 5.73 Å². The number of nitrogens with two attached hydrogens (primary N) is 1. The van der Waals surface area contributed by atoms with Gasteiger partial charge in [-0.15, -0.1) is 0 Å². The Balaban J connectivity index is 2.86. The standard InChI is InChI=1S/C9H14N2O/c1-9(2,10)8(12)7-3-5-11-6-4-7/h3-6,8,12H,10H2,1-2H3. The molecule has 1 atom stereocenters. The summed E-state index contributed by atoms with van der Waals surface area (Å²) in [5, 5.41) is 9.70. The summed E-state index contributed by atoms with van der Waals surface area (Å²) in [4.78, 5) is 3.86. The maximum Gasteiger partial charge on any atom is 0.0965 e. The Labute approximate surface area is 72.2 Å². The minimum Gasteiger partial charge on any atom is -0.387 e. The van der Waals surface area contributed by atoms with Crippen LogP contribution in [0.3, 0.4) is 0 Å². The monoisotopic (exact) mass is 166 g/mol. The Bertz CT molecular complexity index is 240. The van der Waals surface area contributed by atoms with Crippen molar-refractivity contribution in [3.8, 4) is 0 Å². The van der Waals surface area contributed by atoms with Crippen molar-refractivity contribution in [1.82, 2.24) is 4.98 Å². The van der Waals surface area contributed by atoms with Gasteiger partial charge in [0.1, 0.15) is 0 Å². The number of aliphatic hydroxyl groups is 1. The van der Waals surface area contributed by atoms with Crippen molar-refractivity contribution in [2.24, 2.45) is 5.73 Å². The van der Waals surface area contributed by atoms with Gasteiger partial charge in [0.05, 0.1) is 6.10 Å². The maximum absolute atomic E-state index is 9.70. The average molecular weight is 166 g/mol. The summed E-state index contributed by atoms with van der Waals surface area (Å²) in [6, 6.07) is 3.53. The maximum atomic E-state index is 9.70. The smallest absolute Gasteiger partial charge is 0.0965 e. The van der Waals surface area contributed by atoms with Gasteiger partial charge in [0, 0.05) is 17.9 Å². The van der Waals surface area contributed by atoms with Crippen LogP contribution in [0, 0.1) is 0 Å². The predicted molar refractivity (Wildman–Crippen MR) is 47.5 cm³/mol. The second-order valence-electron chi connectivity index (χ2n) is 3.50. The van der Waals surface area contributed by atoms with E-state index in [0.29, 0.717) is 0 Å². The molecule has 0 aliphatic rings. The van der Waals surface area contributed by atoms with E-state index in [-0.39, 0.29) is 0 Å². The first kappa shape index (κ1) is 9.16. The summed E-state index contributed by atoms with van der Waals surface area (Å²) < 4.78 is 0. The minimum atomic E-state index is -0.638. The van der Waals surface area contributed by atoms with E-state index >= 15 is 0 Å². The summed E-state index contributed by atoms with van der Waals surface area (Å²) >= 11 is 0. The lowest BCUT2D eigenvalue weighted by molar-refractivity contribution is 0.104. The van der Waals surface area contributed by atoms with Crippen LogP contribution >= 0.6 is 0 Å². The second kappa shape index (κ2) is 3.21. The molecule has 0 amide bonds. The van der Waals surface area contributed by atoms with Gasteiger partial charge in [0.2, 0.25) is 0 Å². The number of aromatic nitrogens is 1. The normalized spacial score (nSPS) is 14.3. The second-order valence-corrected chi connectivity index (χ2v) is 3.50. The van der Waals surface area contributed by atoms with Crippen LogP contribution in [0.15, 0.2) is 24.5 Å². The lowest BCUT2D eigenvalue weighted by atomic mass is 9.93. The van der Waals surface area contributed by atoms with Gasteiger partial charge in [-0.25, -0.2) is 0 Å². The summed E-state index contributed by atoms with van der Waals surface area (Å²) in [5.41, 5.74) is 5.93. The summed E-state index contributed by atoms with van der Waals surface area (Å²) in [7, 11) is 0. The summed E-state index contributed by atoms with van der Waals surface area (Å²) in [5.74, 6) is 0. The van der Waals surface area contributed by atoms with Crippen LogP contribution in [0.4, 0.5) is 0 Å². The molecule has 0 spiro atoms. The third kappa shape index (κ3) is 2.03. The van der Waals surface area contributed by atoms with Gasteiger partial charge >= 0.3 is 0 Å². The third-order valence-electron chi connectivity index (χ3n) is 1.73. The van der Waals surface area contributed by atoms with Gasteiger partial charge in [0.25, 0.3) is 0 Å². The lowest BCUT2D eigenvalue weighted by Gasteiger charge is -2.25. The highest BCUT2D eigenvalue weighted by atomic mass is 16.3. The Morgan fingerprint density at radius 2 is 1.92 bits per heavy atom. The number of aliphatic hydroxyl groups excluding tert-OH is 1. The molecule has 1 unspecified atom stereocenters. The van der Waals surface area contributed by atoms with E-state index < -0.39 is 11.6 Å². The van der Waals surface area contributed by atoms with Crippen LogP contribution < -0.4 is 5.73 Å². The van der Waals surface area contributed by atoms with Crippen molar-refractivity contribution >= 4 is 0 Å². The predicted octanol–water partition coefficient (Wildman–Crippen LogP) is 0.852. The topological polar surface area (TPSA) is 59.1 Å². The van der Waals surface area contributed by atoms with E-state index in [9.17, 15) is 5.11 Å². The number of hydrogen-bond donors (Lipinski definition) is 2. The highest BCUT2D eigenvalue weighted by Gasteiger charge is 2.23. The molecule has 3 N–H and O–H groups in total. The molecule has 0 fully saturated rings. The first-order chi connectivity index (χ1) is 5.52. The zero-order valence-corrected chi connectivity index (χ0v) is 7.36. The van der Waals surface area contributed by atoms with Gasteiger partial charge < -0.3 is 10.8 Å². The SMILES string of the molecule is CC(C)(N)C(O)c1ccncc1. The van der Waals surface area contributed by atoms with Crippen molar-refractivity contribution in [2.75, 3.05) is 0 Å². The zero-order chi connectivity index (χ0) is 9.19. The highest BCUT2D eigenvalue weighted by Crippen LogP contribution is 2.21. The van der Waals surface area contributed by atoms with Gasteiger partial charge in [-0.2, -0.15) is 0 Å². The Kier molecular flexibility index (Phi) is 2.45. The van der Waals surface area contributed by atoms with Crippen molar-refractivity contribution in [2.45, 2.75) is 25.5 Å². The van der Waals surface area contributed by atoms with Gasteiger partial charge in [-0.3, -0.25) is 4.98 Å². The lowest BCUT2D eigenvalue weighted by Crippen LogP contribution is -2.39. The number of rotatable bonds is 2. The number of pyridine rings is 1. The van der Waals surface area contributed by atoms with Crippen LogP contribution in [-0.4, -0.2) is 15.6 Å². The van der Waals surface area contributed by atoms with Crippen LogP contribution in [-0.2, 0) is 0 Å². The molecule has 3 nitrogen and oxygen atoms in total. The van der Waals surface area contributed by atoms with E-state index in [2.05, 4.69) is 4.98 Å². The van der Waals surface area contributed by atoms with Crippen molar-refractivity contribution in [3.63, 3.8) is 0 Å². The molecule has 0 aromatic carbocycles. The number of nitrogens with zero attached hydrogens (tertiary/aromatic N) is 1. The Morgan fingerprint density at radius 1 is 1.42 bits per heavy atom. The molecule has 0 radical (unpaired) electrons. The molecular formula is C9H14N2O. The molecule has 1 heterocycles.